The van der Waals surface area contributed by atoms with Crippen molar-refractivity contribution >= 4 is 50.2 Å². The van der Waals surface area contributed by atoms with Gasteiger partial charge >= 0.3 is 0 Å². The molecule has 0 aliphatic heterocycles. The fourth-order valence-electron chi connectivity index (χ4n) is 3.42. The van der Waals surface area contributed by atoms with Crippen LogP contribution in [0.2, 0.25) is 5.02 Å². The molecule has 1 amide bonds. The third-order valence-electron chi connectivity index (χ3n) is 5.16. The molecule has 0 fully saturated rings. The molecule has 0 unspecified atom stereocenters. The van der Waals surface area contributed by atoms with Gasteiger partial charge in [0.05, 0.1) is 28.7 Å². The Kier molecular flexibility index (Phi) is 6.01. The summed E-state index contributed by atoms with van der Waals surface area (Å²) >= 11 is 6.03. The molecule has 0 saturated carbocycles. The largest absolute Gasteiger partial charge is 0.495 e. The van der Waals surface area contributed by atoms with Crippen molar-refractivity contribution in [2.24, 2.45) is 7.05 Å². The average Bonchev–Trinajstić information content (AvgIpc) is 3.08. The summed E-state index contributed by atoms with van der Waals surface area (Å²) in [5.41, 5.74) is 2.39. The zero-order valence-corrected chi connectivity index (χ0v) is 19.7. The lowest BCUT2D eigenvalue weighted by atomic mass is 10.1. The van der Waals surface area contributed by atoms with Gasteiger partial charge < -0.3 is 9.30 Å². The fourth-order valence-corrected chi connectivity index (χ4v) is 4.93. The minimum Gasteiger partial charge on any atom is -0.495 e. The number of benzene rings is 3. The molecule has 0 aliphatic carbocycles. The summed E-state index contributed by atoms with van der Waals surface area (Å²) in [5, 5.41) is 3.27. The van der Waals surface area contributed by atoms with E-state index in [-0.39, 0.29) is 10.5 Å². The second-order valence-electron chi connectivity index (χ2n) is 7.37. The summed E-state index contributed by atoms with van der Waals surface area (Å²) in [6.45, 7) is 1.66. The van der Waals surface area contributed by atoms with Crippen LogP contribution in [0.5, 0.6) is 5.75 Å². The molecule has 4 rings (SSSR count). The molecule has 170 valence electrons. The monoisotopic (exact) mass is 484 g/mol. The smallest absolute Gasteiger partial charge is 0.262 e. The zero-order valence-electron chi connectivity index (χ0n) is 18.1. The van der Waals surface area contributed by atoms with E-state index in [1.165, 1.54) is 13.2 Å². The Morgan fingerprint density at radius 1 is 1.09 bits per heavy atom. The van der Waals surface area contributed by atoms with Crippen LogP contribution in [0.25, 0.3) is 11.0 Å². The van der Waals surface area contributed by atoms with Crippen LogP contribution in [-0.4, -0.2) is 31.0 Å². The second-order valence-corrected chi connectivity index (χ2v) is 9.45. The van der Waals surface area contributed by atoms with Gasteiger partial charge in [0.1, 0.15) is 5.75 Å². The van der Waals surface area contributed by atoms with Crippen molar-refractivity contribution in [2.45, 2.75) is 11.8 Å². The van der Waals surface area contributed by atoms with Crippen molar-refractivity contribution in [3.63, 3.8) is 0 Å². The molecule has 8 nitrogen and oxygen atoms in total. The molecule has 10 heteroatoms. The first kappa shape index (κ1) is 22.6. The van der Waals surface area contributed by atoms with E-state index < -0.39 is 15.9 Å². The molecular weight excluding hydrogens is 464 g/mol. The number of carbonyl (C=O) groups excluding carboxylic acids is 1. The molecule has 0 spiro atoms. The molecule has 3 aromatic carbocycles. The van der Waals surface area contributed by atoms with Gasteiger partial charge in [-0.05, 0) is 55.0 Å². The summed E-state index contributed by atoms with van der Waals surface area (Å²) in [6.07, 6.45) is 0. The third-order valence-corrected chi connectivity index (χ3v) is 6.90. The Hall–Kier alpha value is -3.56. The van der Waals surface area contributed by atoms with Gasteiger partial charge in [0, 0.05) is 17.6 Å². The van der Waals surface area contributed by atoms with Crippen LogP contribution in [-0.2, 0) is 17.1 Å². The number of para-hydroxylation sites is 2. The number of anilines is 2. The number of sulfonamides is 1. The zero-order chi connectivity index (χ0) is 23.8. The maximum atomic E-state index is 13.1. The van der Waals surface area contributed by atoms with Crippen LogP contribution in [0.4, 0.5) is 11.6 Å². The molecule has 4 aromatic rings. The van der Waals surface area contributed by atoms with Crippen molar-refractivity contribution in [3.8, 4) is 5.75 Å². The number of carbonyl (C=O) groups is 1. The average molecular weight is 485 g/mol. The number of rotatable bonds is 6. The fraction of sp³-hybridized carbons (Fsp3) is 0.130. The Morgan fingerprint density at radius 2 is 1.85 bits per heavy atom. The number of hydrogen-bond acceptors (Lipinski definition) is 5. The van der Waals surface area contributed by atoms with Crippen LogP contribution in [0.15, 0.2) is 65.6 Å². The van der Waals surface area contributed by atoms with Crippen LogP contribution in [0, 0.1) is 6.92 Å². The highest BCUT2D eigenvalue weighted by atomic mass is 35.5. The lowest BCUT2D eigenvalue weighted by Crippen LogP contribution is -2.18. The van der Waals surface area contributed by atoms with Gasteiger partial charge in [-0.15, -0.1) is 0 Å². The van der Waals surface area contributed by atoms with Crippen molar-refractivity contribution in [3.05, 3.63) is 76.8 Å². The number of aromatic nitrogens is 2. The van der Waals surface area contributed by atoms with Gasteiger partial charge in [-0.3, -0.25) is 14.8 Å². The standard InChI is InChI=1S/C23H21ClN4O4S/c1-14-8-9-15(12-21(14)33(30,31)27-17-6-4-5-7-20(17)32-3)22(29)26-23-25-18-13-16(24)10-11-19(18)28(23)2/h4-13,27H,1-3H3,(H,25,26,29). The summed E-state index contributed by atoms with van der Waals surface area (Å²) in [6, 6.07) is 16.4. The van der Waals surface area contributed by atoms with Crippen LogP contribution < -0.4 is 14.8 Å². The van der Waals surface area contributed by atoms with E-state index in [0.717, 1.165) is 5.52 Å². The van der Waals surface area contributed by atoms with Crippen molar-refractivity contribution < 1.29 is 17.9 Å². The molecule has 33 heavy (non-hydrogen) atoms. The van der Waals surface area contributed by atoms with Gasteiger partial charge in [0.15, 0.2) is 0 Å². The van der Waals surface area contributed by atoms with Gasteiger partial charge in [-0.25, -0.2) is 13.4 Å². The molecule has 0 radical (unpaired) electrons. The second kappa shape index (κ2) is 8.76. The molecule has 1 heterocycles. The number of halogens is 1. The molecule has 1 aromatic heterocycles. The minimum absolute atomic E-state index is 0.0159. The highest BCUT2D eigenvalue weighted by molar-refractivity contribution is 7.92. The molecule has 0 bridgehead atoms. The Balaban J connectivity index is 1.64. The summed E-state index contributed by atoms with van der Waals surface area (Å²) in [7, 11) is -0.763. The maximum Gasteiger partial charge on any atom is 0.262 e. The number of methoxy groups -OCH3 is 1. The van der Waals surface area contributed by atoms with Crippen LogP contribution in [0.1, 0.15) is 15.9 Å². The summed E-state index contributed by atoms with van der Waals surface area (Å²) in [5.74, 6) is 0.206. The van der Waals surface area contributed by atoms with Gasteiger partial charge in [-0.2, -0.15) is 0 Å². The number of fused-ring (bicyclic) bond motifs is 1. The van der Waals surface area contributed by atoms with Crippen LogP contribution in [0.3, 0.4) is 0 Å². The van der Waals surface area contributed by atoms with Crippen molar-refractivity contribution in [1.82, 2.24) is 9.55 Å². The molecule has 0 aliphatic rings. The first-order valence-electron chi connectivity index (χ1n) is 9.89. The predicted molar refractivity (Wildman–Crippen MR) is 129 cm³/mol. The number of amides is 1. The molecule has 0 atom stereocenters. The maximum absolute atomic E-state index is 13.1. The van der Waals surface area contributed by atoms with Crippen molar-refractivity contribution in [1.29, 1.82) is 0 Å². The normalized spacial score (nSPS) is 11.4. The minimum atomic E-state index is -3.98. The van der Waals surface area contributed by atoms with E-state index in [1.807, 2.05) is 0 Å². The Bertz CT molecular complexity index is 1480. The first-order chi connectivity index (χ1) is 15.7. The Morgan fingerprint density at radius 3 is 2.61 bits per heavy atom. The SMILES string of the molecule is COc1ccccc1NS(=O)(=O)c1cc(C(=O)Nc2nc3cc(Cl)ccc3n2C)ccc1C. The lowest BCUT2D eigenvalue weighted by Gasteiger charge is -2.14. The van der Waals surface area contributed by atoms with Gasteiger partial charge in [0.25, 0.3) is 15.9 Å². The summed E-state index contributed by atoms with van der Waals surface area (Å²) < 4.78 is 35.7. The third kappa shape index (κ3) is 4.50. The predicted octanol–water partition coefficient (Wildman–Crippen LogP) is 4.60. The van der Waals surface area contributed by atoms with E-state index >= 15 is 0 Å². The number of hydrogen-bond donors (Lipinski definition) is 2. The van der Waals surface area contributed by atoms with E-state index in [4.69, 9.17) is 16.3 Å². The number of nitrogens with zero attached hydrogens (tertiary/aromatic N) is 2. The first-order valence-corrected chi connectivity index (χ1v) is 11.8. The van der Waals surface area contributed by atoms with Crippen LogP contribution >= 0.6 is 11.6 Å². The van der Waals surface area contributed by atoms with E-state index in [2.05, 4.69) is 15.0 Å². The highest BCUT2D eigenvalue weighted by Gasteiger charge is 2.21. The quantitative estimate of drug-likeness (QED) is 0.416. The van der Waals surface area contributed by atoms with E-state index in [1.54, 1.807) is 73.1 Å². The molecule has 0 saturated heterocycles. The van der Waals surface area contributed by atoms with Gasteiger partial charge in [-0.1, -0.05) is 29.8 Å². The summed E-state index contributed by atoms with van der Waals surface area (Å²) in [4.78, 5) is 17.3. The Labute approximate surface area is 196 Å². The highest BCUT2D eigenvalue weighted by Crippen LogP contribution is 2.28. The van der Waals surface area contributed by atoms with Crippen molar-refractivity contribution in [2.75, 3.05) is 17.1 Å². The van der Waals surface area contributed by atoms with E-state index in [0.29, 0.717) is 33.5 Å². The number of imidazole rings is 1. The topological polar surface area (TPSA) is 102 Å². The molecular formula is C23H21ClN4O4S. The van der Waals surface area contributed by atoms with E-state index in [9.17, 15) is 13.2 Å². The molecule has 2 N–H and O–H groups in total. The lowest BCUT2D eigenvalue weighted by molar-refractivity contribution is 0.102. The number of ether oxygens (including phenoxy) is 1. The van der Waals surface area contributed by atoms with Gasteiger partial charge in [0.2, 0.25) is 5.95 Å². The number of aryl methyl sites for hydroxylation is 2. The number of nitrogens with one attached hydrogen (secondary N) is 2.